The van der Waals surface area contributed by atoms with Gasteiger partial charge in [-0.25, -0.2) is 0 Å². The Labute approximate surface area is 272 Å². The van der Waals surface area contributed by atoms with Crippen LogP contribution in [0.3, 0.4) is 0 Å². The Morgan fingerprint density at radius 1 is 0.435 bits per heavy atom. The van der Waals surface area contributed by atoms with Gasteiger partial charge in [0.15, 0.2) is 0 Å². The molecule has 214 valence electrons. The van der Waals surface area contributed by atoms with Gasteiger partial charge < -0.3 is 9.71 Å². The molecule has 2 aliphatic heterocycles. The number of hydrogen-bond donors (Lipinski definition) is 0. The lowest BCUT2D eigenvalue weighted by atomic mass is 9.43. The Morgan fingerprint density at radius 2 is 1.11 bits per heavy atom. The first-order valence-corrected chi connectivity index (χ1v) is 16.6. The Balaban J connectivity index is 1.32. The highest BCUT2D eigenvalue weighted by molar-refractivity contribution is 7.25. The summed E-state index contributed by atoms with van der Waals surface area (Å²) in [5.74, 6) is 0. The molecule has 0 bridgehead atoms. The fraction of sp³-hybridized carbons (Fsp3) is 0. The molecule has 1 aromatic heterocycles. The molecule has 0 fully saturated rings. The molecule has 2 nitrogen and oxygen atoms in total. The van der Waals surface area contributed by atoms with E-state index in [0.29, 0.717) is 0 Å². The highest BCUT2D eigenvalue weighted by Crippen LogP contribution is 2.49. The van der Waals surface area contributed by atoms with Gasteiger partial charge in [-0.15, -0.1) is 11.3 Å². The van der Waals surface area contributed by atoms with Gasteiger partial charge in [0.1, 0.15) is 0 Å². The van der Waals surface area contributed by atoms with Gasteiger partial charge in [-0.3, -0.25) is 0 Å². The molecule has 0 unspecified atom stereocenters. The first kappa shape index (κ1) is 25.7. The number of fused-ring (bicyclic) bond motifs is 7. The van der Waals surface area contributed by atoms with Crippen molar-refractivity contribution in [1.29, 1.82) is 0 Å². The molecule has 10 rings (SSSR count). The van der Waals surface area contributed by atoms with E-state index in [-0.39, 0.29) is 6.85 Å². The minimum absolute atomic E-state index is 0.0295. The summed E-state index contributed by atoms with van der Waals surface area (Å²) in [7, 11) is 0. The lowest BCUT2D eigenvalue weighted by molar-refractivity contribution is 1.27. The van der Waals surface area contributed by atoms with Crippen LogP contribution in [0.4, 0.5) is 28.4 Å². The third-order valence-corrected chi connectivity index (χ3v) is 10.8. The van der Waals surface area contributed by atoms with E-state index in [9.17, 15) is 0 Å². The number of benzene rings is 7. The highest BCUT2D eigenvalue weighted by Gasteiger charge is 2.44. The van der Waals surface area contributed by atoms with Crippen LogP contribution in [0.25, 0.3) is 42.4 Å². The lowest BCUT2D eigenvalue weighted by Gasteiger charge is -2.45. The van der Waals surface area contributed by atoms with Gasteiger partial charge in [0.2, 0.25) is 0 Å². The lowest BCUT2D eigenvalue weighted by Crippen LogP contribution is -2.61. The molecule has 46 heavy (non-hydrogen) atoms. The van der Waals surface area contributed by atoms with E-state index in [1.54, 1.807) is 0 Å². The van der Waals surface area contributed by atoms with Gasteiger partial charge in [0.25, 0.3) is 0 Å². The molecule has 7 aromatic carbocycles. The fourth-order valence-corrected chi connectivity index (χ4v) is 8.85. The predicted molar refractivity (Wildman–Crippen MR) is 198 cm³/mol. The molecule has 0 radical (unpaired) electrons. The number of anilines is 5. The van der Waals surface area contributed by atoms with E-state index in [1.165, 1.54) is 81.8 Å². The standard InChI is InChI=1S/C42H27BN2S/c1-3-14-28(15-4-1)33-27-41-34(31-19-8-12-25-40(31)46-41)26-39(33)44-37-23-11-9-21-35(37)43-42-32(20-13-24-38(42)44)30-18-7-10-22-36(30)45(43)29-16-5-2-6-17-29/h1-27H. The number of nitrogens with zero attached hydrogens (tertiary/aromatic N) is 2. The second-order valence-corrected chi connectivity index (χ2v) is 13.2. The van der Waals surface area contributed by atoms with Crippen LogP contribution >= 0.6 is 11.3 Å². The average molecular weight is 603 g/mol. The van der Waals surface area contributed by atoms with Crippen LogP contribution in [0, 0.1) is 0 Å². The van der Waals surface area contributed by atoms with E-state index in [2.05, 4.69) is 174 Å². The molecule has 0 amide bonds. The quantitative estimate of drug-likeness (QED) is 0.186. The first-order chi connectivity index (χ1) is 22.8. The second kappa shape index (κ2) is 9.97. The fourth-order valence-electron chi connectivity index (χ4n) is 7.73. The molecule has 0 saturated carbocycles. The van der Waals surface area contributed by atoms with Gasteiger partial charge in [0.05, 0.1) is 5.69 Å². The summed E-state index contributed by atoms with van der Waals surface area (Å²) in [6, 6.07) is 60.2. The topological polar surface area (TPSA) is 6.48 Å². The summed E-state index contributed by atoms with van der Waals surface area (Å²) in [6.07, 6.45) is 0. The predicted octanol–water partition coefficient (Wildman–Crippen LogP) is 10.4. The van der Waals surface area contributed by atoms with Crippen LogP contribution in [0.5, 0.6) is 0 Å². The second-order valence-electron chi connectivity index (χ2n) is 12.1. The van der Waals surface area contributed by atoms with Crippen molar-refractivity contribution in [3.8, 4) is 22.3 Å². The van der Waals surface area contributed by atoms with Crippen molar-refractivity contribution in [2.24, 2.45) is 0 Å². The van der Waals surface area contributed by atoms with E-state index in [0.717, 1.165) is 0 Å². The molecule has 0 atom stereocenters. The maximum Gasteiger partial charge on any atom is 0.333 e. The Bertz CT molecular complexity index is 2450. The van der Waals surface area contributed by atoms with E-state index < -0.39 is 0 Å². The summed E-state index contributed by atoms with van der Waals surface area (Å²) >= 11 is 1.88. The summed E-state index contributed by atoms with van der Waals surface area (Å²) in [5.41, 5.74) is 13.7. The van der Waals surface area contributed by atoms with Gasteiger partial charge in [-0.2, -0.15) is 0 Å². The third-order valence-electron chi connectivity index (χ3n) is 9.64. The zero-order valence-electron chi connectivity index (χ0n) is 25.0. The third kappa shape index (κ3) is 3.65. The molecule has 0 spiro atoms. The monoisotopic (exact) mass is 602 g/mol. The smallest absolute Gasteiger partial charge is 0.333 e. The van der Waals surface area contributed by atoms with Crippen LogP contribution in [0.15, 0.2) is 164 Å². The molecule has 3 heterocycles. The van der Waals surface area contributed by atoms with Gasteiger partial charge >= 0.3 is 6.85 Å². The molecular weight excluding hydrogens is 575 g/mol. The maximum atomic E-state index is 2.55. The molecule has 0 N–H and O–H groups in total. The van der Waals surface area contributed by atoms with E-state index in [4.69, 9.17) is 0 Å². The molecule has 8 aromatic rings. The van der Waals surface area contributed by atoms with Crippen LogP contribution in [0.2, 0.25) is 0 Å². The minimum Gasteiger partial charge on any atom is -0.376 e. The molecule has 4 heteroatoms. The molecule has 2 aliphatic rings. The van der Waals surface area contributed by atoms with Crippen LogP contribution in [-0.2, 0) is 0 Å². The highest BCUT2D eigenvalue weighted by atomic mass is 32.1. The maximum absolute atomic E-state index is 2.55. The summed E-state index contributed by atoms with van der Waals surface area (Å²) in [4.78, 5) is 5.08. The number of thiophene rings is 1. The Morgan fingerprint density at radius 3 is 1.98 bits per heavy atom. The molecule has 0 saturated heterocycles. The molecular formula is C42H27BN2S. The van der Waals surface area contributed by atoms with Crippen LogP contribution in [0.1, 0.15) is 0 Å². The van der Waals surface area contributed by atoms with Crippen molar-refractivity contribution < 1.29 is 0 Å². The Kier molecular flexibility index (Phi) is 5.57. The minimum atomic E-state index is 0.0295. The van der Waals surface area contributed by atoms with Crippen LogP contribution in [-0.4, -0.2) is 6.85 Å². The van der Waals surface area contributed by atoms with Gasteiger partial charge in [-0.1, -0.05) is 115 Å². The number of rotatable bonds is 3. The largest absolute Gasteiger partial charge is 0.376 e. The van der Waals surface area contributed by atoms with E-state index in [1.807, 2.05) is 11.3 Å². The SMILES string of the molecule is c1ccc(-c2cc3sc4ccccc4c3cc2N2c3ccccc3B3c4c(cccc42)-c2ccccc2N3c2ccccc2)cc1. The number of hydrogen-bond acceptors (Lipinski definition) is 3. The summed E-state index contributed by atoms with van der Waals surface area (Å²) in [6.45, 7) is 0.0295. The van der Waals surface area contributed by atoms with Crippen molar-refractivity contribution in [3.05, 3.63) is 164 Å². The molecule has 0 aliphatic carbocycles. The van der Waals surface area contributed by atoms with Crippen molar-refractivity contribution in [3.63, 3.8) is 0 Å². The normalized spacial score (nSPS) is 13.1. The van der Waals surface area contributed by atoms with Crippen molar-refractivity contribution in [1.82, 2.24) is 0 Å². The van der Waals surface area contributed by atoms with Crippen molar-refractivity contribution in [2.75, 3.05) is 9.71 Å². The Hall–Kier alpha value is -5.58. The average Bonchev–Trinajstić information content (AvgIpc) is 3.49. The van der Waals surface area contributed by atoms with Crippen LogP contribution < -0.4 is 20.6 Å². The number of para-hydroxylation sites is 3. The van der Waals surface area contributed by atoms with Crippen molar-refractivity contribution in [2.45, 2.75) is 0 Å². The zero-order chi connectivity index (χ0) is 30.2. The van der Waals surface area contributed by atoms with Gasteiger partial charge in [-0.05, 0) is 70.6 Å². The summed E-state index contributed by atoms with van der Waals surface area (Å²) in [5, 5.41) is 2.61. The van der Waals surface area contributed by atoms with Gasteiger partial charge in [0, 0.05) is 54.0 Å². The van der Waals surface area contributed by atoms with Crippen molar-refractivity contribution >= 4 is 77.7 Å². The first-order valence-electron chi connectivity index (χ1n) is 15.8. The van der Waals surface area contributed by atoms with E-state index >= 15 is 0 Å². The summed E-state index contributed by atoms with van der Waals surface area (Å²) < 4.78 is 2.63. The zero-order valence-corrected chi connectivity index (χ0v) is 25.8.